The van der Waals surface area contributed by atoms with E-state index in [1.54, 1.807) is 0 Å². The van der Waals surface area contributed by atoms with Gasteiger partial charge in [0.1, 0.15) is 12.6 Å². The number of benzene rings is 3. The van der Waals surface area contributed by atoms with Gasteiger partial charge in [0.05, 0.1) is 5.52 Å². The first kappa shape index (κ1) is 23.7. The Morgan fingerprint density at radius 3 is 2.22 bits per heavy atom. The molecule has 5 rings (SSSR count). The molecule has 1 atom stereocenters. The largest absolute Gasteiger partial charge is 0.480 e. The molecule has 4 aromatic rings. The van der Waals surface area contributed by atoms with Crippen molar-refractivity contribution in [2.24, 2.45) is 7.05 Å². The summed E-state index contributed by atoms with van der Waals surface area (Å²) in [5, 5.41) is 13.5. The van der Waals surface area contributed by atoms with Crippen molar-refractivity contribution in [2.75, 3.05) is 6.61 Å². The molecule has 1 aromatic heterocycles. The Morgan fingerprint density at radius 1 is 1.00 bits per heavy atom. The van der Waals surface area contributed by atoms with Crippen molar-refractivity contribution in [3.63, 3.8) is 0 Å². The Kier molecular flexibility index (Phi) is 6.04. The number of aliphatic carboxylic acids is 1. The molecule has 184 valence electrons. The van der Waals surface area contributed by atoms with Gasteiger partial charge in [0.15, 0.2) is 0 Å². The van der Waals surface area contributed by atoms with Crippen molar-refractivity contribution >= 4 is 23.0 Å². The second-order valence-corrected chi connectivity index (χ2v) is 9.67. The third-order valence-electron chi connectivity index (χ3n) is 7.39. The lowest BCUT2D eigenvalue weighted by Crippen LogP contribution is -2.43. The lowest BCUT2D eigenvalue weighted by molar-refractivity contribution is -0.139. The van der Waals surface area contributed by atoms with Crippen molar-refractivity contribution in [1.29, 1.82) is 0 Å². The van der Waals surface area contributed by atoms with E-state index in [4.69, 9.17) is 4.74 Å². The highest BCUT2D eigenvalue weighted by molar-refractivity contribution is 5.90. The highest BCUT2D eigenvalue weighted by Gasteiger charge is 2.30. The Labute approximate surface area is 210 Å². The molecule has 0 spiro atoms. The van der Waals surface area contributed by atoms with E-state index in [2.05, 4.69) is 53.2 Å². The zero-order chi connectivity index (χ0) is 25.6. The van der Waals surface area contributed by atoms with Gasteiger partial charge in [-0.3, -0.25) is 0 Å². The van der Waals surface area contributed by atoms with Crippen molar-refractivity contribution in [2.45, 2.75) is 39.2 Å². The van der Waals surface area contributed by atoms with E-state index in [9.17, 15) is 14.7 Å². The molecule has 0 aliphatic heterocycles. The van der Waals surface area contributed by atoms with Crippen LogP contribution in [-0.4, -0.2) is 34.4 Å². The van der Waals surface area contributed by atoms with Gasteiger partial charge in [0, 0.05) is 30.5 Å². The summed E-state index contributed by atoms with van der Waals surface area (Å²) in [5.41, 5.74) is 9.74. The van der Waals surface area contributed by atoms with E-state index >= 15 is 0 Å². The molecule has 0 radical (unpaired) electrons. The third-order valence-corrected chi connectivity index (χ3v) is 7.39. The van der Waals surface area contributed by atoms with Gasteiger partial charge >= 0.3 is 12.1 Å². The number of alkyl carbamates (subject to hydrolysis) is 1. The van der Waals surface area contributed by atoms with Crippen LogP contribution in [0.15, 0.2) is 60.7 Å². The fourth-order valence-electron chi connectivity index (χ4n) is 5.64. The number of nitrogens with zero attached hydrogens (tertiary/aromatic N) is 1. The molecule has 1 heterocycles. The summed E-state index contributed by atoms with van der Waals surface area (Å²) in [6.07, 6.45) is -0.555. The molecule has 6 nitrogen and oxygen atoms in total. The van der Waals surface area contributed by atoms with E-state index in [1.807, 2.05) is 45.2 Å². The van der Waals surface area contributed by atoms with E-state index in [1.165, 1.54) is 0 Å². The normalized spacial score (nSPS) is 13.3. The van der Waals surface area contributed by atoms with Crippen LogP contribution in [0.3, 0.4) is 0 Å². The van der Waals surface area contributed by atoms with Crippen molar-refractivity contribution in [3.8, 4) is 11.1 Å². The molecular formula is C30H30N2O4. The number of fused-ring (bicyclic) bond motifs is 4. The first-order chi connectivity index (χ1) is 17.3. The van der Waals surface area contributed by atoms with Crippen molar-refractivity contribution in [3.05, 3.63) is 94.2 Å². The number of carbonyl (C=O) groups excluding carboxylic acids is 1. The van der Waals surface area contributed by atoms with Gasteiger partial charge in [0.2, 0.25) is 0 Å². The molecule has 36 heavy (non-hydrogen) atoms. The molecule has 3 aromatic carbocycles. The average molecular weight is 483 g/mol. The first-order valence-electron chi connectivity index (χ1n) is 12.2. The first-order valence-corrected chi connectivity index (χ1v) is 12.2. The van der Waals surface area contributed by atoms with Crippen LogP contribution in [0.25, 0.3) is 22.0 Å². The maximum Gasteiger partial charge on any atom is 0.407 e. The molecule has 0 saturated carbocycles. The fourth-order valence-corrected chi connectivity index (χ4v) is 5.64. The Morgan fingerprint density at radius 2 is 1.61 bits per heavy atom. The Bertz CT molecular complexity index is 1460. The number of rotatable bonds is 6. The van der Waals surface area contributed by atoms with E-state index in [0.29, 0.717) is 0 Å². The van der Waals surface area contributed by atoms with E-state index in [-0.39, 0.29) is 18.9 Å². The van der Waals surface area contributed by atoms with Crippen LogP contribution in [-0.2, 0) is 23.0 Å². The molecule has 0 bridgehead atoms. The quantitative estimate of drug-likeness (QED) is 0.373. The lowest BCUT2D eigenvalue weighted by atomic mass is 9.98. The summed E-state index contributed by atoms with van der Waals surface area (Å²) in [4.78, 5) is 24.9. The maximum absolute atomic E-state index is 12.8. The molecule has 1 unspecified atom stereocenters. The van der Waals surface area contributed by atoms with Crippen LogP contribution in [0.2, 0.25) is 0 Å². The van der Waals surface area contributed by atoms with Gasteiger partial charge in [-0.05, 0) is 60.2 Å². The van der Waals surface area contributed by atoms with Crippen LogP contribution in [0, 0.1) is 20.8 Å². The SMILES string of the molecule is Cc1cc(C)c2c(c1)c(CC(NC(=O)OCC1c3ccccc3-c3ccccc31)C(=O)O)c(C)n2C. The van der Waals surface area contributed by atoms with Crippen LogP contribution in [0.1, 0.15) is 39.4 Å². The topological polar surface area (TPSA) is 80.6 Å². The molecule has 1 aliphatic rings. The number of aryl methyl sites for hydroxylation is 3. The highest BCUT2D eigenvalue weighted by atomic mass is 16.5. The Hall–Kier alpha value is -4.06. The standard InChI is InChI=1S/C30H30N2O4/c1-17-13-18(2)28-25(14-17)24(19(3)32(28)4)15-27(29(33)34)31-30(35)36-16-26-22-11-7-5-9-20(22)21-10-6-8-12-23(21)26/h5-14,26-27H,15-16H2,1-4H3,(H,31,35)(H,33,34). The summed E-state index contributed by atoms with van der Waals surface area (Å²) >= 11 is 0. The smallest absolute Gasteiger partial charge is 0.407 e. The Balaban J connectivity index is 1.34. The number of aromatic nitrogens is 1. The molecule has 1 amide bonds. The van der Waals surface area contributed by atoms with Crippen molar-refractivity contribution in [1.82, 2.24) is 9.88 Å². The minimum atomic E-state index is -1.11. The van der Waals surface area contributed by atoms with E-state index < -0.39 is 18.1 Å². The molecule has 0 saturated heterocycles. The van der Waals surface area contributed by atoms with Crippen LogP contribution in [0.4, 0.5) is 4.79 Å². The number of carboxylic acids is 1. The zero-order valence-corrected chi connectivity index (χ0v) is 21.0. The predicted octanol–water partition coefficient (Wildman–Crippen LogP) is 5.64. The molecular weight excluding hydrogens is 452 g/mol. The van der Waals surface area contributed by atoms with Gasteiger partial charge < -0.3 is 19.7 Å². The second kappa shape index (κ2) is 9.19. The average Bonchev–Trinajstić information content (AvgIpc) is 3.29. The second-order valence-electron chi connectivity index (χ2n) is 9.67. The summed E-state index contributed by atoms with van der Waals surface area (Å²) in [5.74, 6) is -1.18. The van der Waals surface area contributed by atoms with Crippen molar-refractivity contribution < 1.29 is 19.4 Å². The maximum atomic E-state index is 12.8. The predicted molar refractivity (Wildman–Crippen MR) is 140 cm³/mol. The van der Waals surface area contributed by atoms with Crippen LogP contribution >= 0.6 is 0 Å². The molecule has 6 heteroatoms. The molecule has 1 aliphatic carbocycles. The van der Waals surface area contributed by atoms with Crippen LogP contribution < -0.4 is 5.32 Å². The number of amides is 1. The number of hydrogen-bond acceptors (Lipinski definition) is 3. The summed E-state index contributed by atoms with van der Waals surface area (Å²) in [6, 6.07) is 19.3. The lowest BCUT2D eigenvalue weighted by Gasteiger charge is -2.18. The fraction of sp³-hybridized carbons (Fsp3) is 0.267. The number of carboxylic acid groups (broad SMARTS) is 1. The zero-order valence-electron chi connectivity index (χ0n) is 21.0. The third kappa shape index (κ3) is 4.02. The summed E-state index contributed by atoms with van der Waals surface area (Å²) in [6.45, 7) is 6.21. The van der Waals surface area contributed by atoms with Gasteiger partial charge in [-0.25, -0.2) is 9.59 Å². The molecule has 0 fully saturated rings. The molecule has 2 N–H and O–H groups in total. The van der Waals surface area contributed by atoms with Gasteiger partial charge in [-0.1, -0.05) is 60.2 Å². The van der Waals surface area contributed by atoms with Crippen LogP contribution in [0.5, 0.6) is 0 Å². The number of nitrogens with one attached hydrogen (secondary N) is 1. The number of hydrogen-bond donors (Lipinski definition) is 2. The van der Waals surface area contributed by atoms with Gasteiger partial charge in [-0.15, -0.1) is 0 Å². The van der Waals surface area contributed by atoms with E-state index in [0.717, 1.165) is 55.5 Å². The minimum Gasteiger partial charge on any atom is -0.480 e. The van der Waals surface area contributed by atoms with Gasteiger partial charge in [-0.2, -0.15) is 0 Å². The highest BCUT2D eigenvalue weighted by Crippen LogP contribution is 2.44. The monoisotopic (exact) mass is 482 g/mol. The summed E-state index contributed by atoms with van der Waals surface area (Å²) in [7, 11) is 1.98. The number of carbonyl (C=O) groups is 2. The summed E-state index contributed by atoms with van der Waals surface area (Å²) < 4.78 is 7.69. The van der Waals surface area contributed by atoms with Gasteiger partial charge in [0.25, 0.3) is 0 Å². The number of ether oxygens (including phenoxy) is 1. The minimum absolute atomic E-state index is 0.0855.